The van der Waals surface area contributed by atoms with E-state index < -0.39 is 12.4 Å². The predicted octanol–water partition coefficient (Wildman–Crippen LogP) is 4.43. The molecule has 2 heterocycles. The van der Waals surface area contributed by atoms with Gasteiger partial charge in [-0.2, -0.15) is 0 Å². The molecule has 0 spiro atoms. The van der Waals surface area contributed by atoms with Crippen LogP contribution >= 0.6 is 11.3 Å². The molecule has 0 atom stereocenters. The monoisotopic (exact) mass is 394 g/mol. The molecule has 2 aromatic heterocycles. The van der Waals surface area contributed by atoms with Crippen molar-refractivity contribution in [2.45, 2.75) is 12.9 Å². The highest BCUT2D eigenvalue weighted by Gasteiger charge is 2.31. The normalized spacial score (nSPS) is 11.1. The summed E-state index contributed by atoms with van der Waals surface area (Å²) in [7, 11) is 0. The fourth-order valence-corrected chi connectivity index (χ4v) is 2.88. The second-order valence-corrected chi connectivity index (χ2v) is 6.13. The Kier molecular flexibility index (Phi) is 5.55. The van der Waals surface area contributed by atoms with E-state index in [1.54, 1.807) is 36.0 Å². The van der Waals surface area contributed by atoms with Crippen molar-refractivity contribution < 1.29 is 22.7 Å². The molecule has 10 heteroatoms. The number of benzene rings is 1. The summed E-state index contributed by atoms with van der Waals surface area (Å²) in [6.45, 7) is 0.0312. The minimum absolute atomic E-state index is 0.0312. The quantitative estimate of drug-likeness (QED) is 0.672. The van der Waals surface area contributed by atoms with Crippen LogP contribution in [-0.2, 0) is 6.54 Å². The molecule has 2 amide bonds. The van der Waals surface area contributed by atoms with E-state index in [4.69, 9.17) is 0 Å². The molecule has 3 rings (SSSR count). The Morgan fingerprint density at radius 2 is 1.96 bits per heavy atom. The summed E-state index contributed by atoms with van der Waals surface area (Å²) < 4.78 is 40.6. The zero-order valence-electron chi connectivity index (χ0n) is 13.7. The molecule has 2 N–H and O–H groups in total. The van der Waals surface area contributed by atoms with Crippen LogP contribution in [0.2, 0.25) is 0 Å². The number of amides is 2. The molecular formula is C17H13F3N4O2S. The first kappa shape index (κ1) is 18.6. The van der Waals surface area contributed by atoms with Crippen molar-refractivity contribution in [1.29, 1.82) is 0 Å². The summed E-state index contributed by atoms with van der Waals surface area (Å²) >= 11 is 1.25. The lowest BCUT2D eigenvalue weighted by Crippen LogP contribution is -2.28. The molecule has 0 aliphatic carbocycles. The Balaban J connectivity index is 1.55. The van der Waals surface area contributed by atoms with Crippen LogP contribution < -0.4 is 15.4 Å². The highest BCUT2D eigenvalue weighted by atomic mass is 32.1. The van der Waals surface area contributed by atoms with Gasteiger partial charge in [0, 0.05) is 29.9 Å². The Morgan fingerprint density at radius 3 is 2.70 bits per heavy atom. The van der Waals surface area contributed by atoms with Crippen LogP contribution in [0.15, 0.2) is 54.2 Å². The summed E-state index contributed by atoms with van der Waals surface area (Å²) in [6, 6.07) is 8.47. The van der Waals surface area contributed by atoms with Crippen LogP contribution in [0.25, 0.3) is 11.3 Å². The Bertz CT molecular complexity index is 916. The molecule has 0 aliphatic rings. The zero-order valence-corrected chi connectivity index (χ0v) is 14.5. The van der Waals surface area contributed by atoms with E-state index in [0.717, 1.165) is 5.56 Å². The number of rotatable bonds is 5. The average molecular weight is 394 g/mol. The standard InChI is InChI=1S/C17H13F3N4O2S/c18-17(19,20)26-13-3-1-2-11(8-13)9-22-15(25)24-16-23-14(10-27-16)12-4-6-21-7-5-12/h1-8,10H,9H2,(H2,22,23,24,25). The van der Waals surface area contributed by atoms with Crippen molar-refractivity contribution >= 4 is 22.5 Å². The van der Waals surface area contributed by atoms with Gasteiger partial charge in [0.15, 0.2) is 5.13 Å². The lowest BCUT2D eigenvalue weighted by molar-refractivity contribution is -0.274. The molecule has 0 saturated carbocycles. The van der Waals surface area contributed by atoms with Gasteiger partial charge in [0.05, 0.1) is 5.69 Å². The third kappa shape index (κ3) is 5.68. The number of ether oxygens (including phenoxy) is 1. The van der Waals surface area contributed by atoms with Gasteiger partial charge in [-0.05, 0) is 29.8 Å². The second-order valence-electron chi connectivity index (χ2n) is 5.28. The topological polar surface area (TPSA) is 76.1 Å². The van der Waals surface area contributed by atoms with E-state index in [1.807, 2.05) is 0 Å². The van der Waals surface area contributed by atoms with Crippen molar-refractivity contribution in [3.05, 3.63) is 59.7 Å². The number of nitrogens with zero attached hydrogens (tertiary/aromatic N) is 2. The highest BCUT2D eigenvalue weighted by Crippen LogP contribution is 2.25. The van der Waals surface area contributed by atoms with Gasteiger partial charge in [-0.3, -0.25) is 10.3 Å². The maximum atomic E-state index is 12.2. The summed E-state index contributed by atoms with van der Waals surface area (Å²) in [6.07, 6.45) is -1.48. The van der Waals surface area contributed by atoms with Crippen molar-refractivity contribution in [2.75, 3.05) is 5.32 Å². The van der Waals surface area contributed by atoms with E-state index in [0.29, 0.717) is 16.4 Å². The van der Waals surface area contributed by atoms with Gasteiger partial charge in [0.2, 0.25) is 0 Å². The Labute approximate surface area is 156 Å². The van der Waals surface area contributed by atoms with E-state index in [9.17, 15) is 18.0 Å². The van der Waals surface area contributed by atoms with Crippen molar-refractivity contribution in [3.8, 4) is 17.0 Å². The van der Waals surface area contributed by atoms with Crippen LogP contribution in [-0.4, -0.2) is 22.4 Å². The summed E-state index contributed by atoms with van der Waals surface area (Å²) in [5, 5.41) is 7.33. The number of thiazole rings is 1. The van der Waals surface area contributed by atoms with Gasteiger partial charge < -0.3 is 10.1 Å². The number of hydrogen-bond donors (Lipinski definition) is 2. The summed E-state index contributed by atoms with van der Waals surface area (Å²) in [5.41, 5.74) is 2.04. The number of pyridine rings is 1. The number of hydrogen-bond acceptors (Lipinski definition) is 5. The molecule has 140 valence electrons. The lowest BCUT2D eigenvalue weighted by Gasteiger charge is -2.10. The van der Waals surface area contributed by atoms with Crippen LogP contribution in [0.4, 0.5) is 23.1 Å². The molecule has 3 aromatic rings. The van der Waals surface area contributed by atoms with E-state index in [2.05, 4.69) is 25.3 Å². The zero-order chi connectivity index (χ0) is 19.3. The predicted molar refractivity (Wildman–Crippen MR) is 94.3 cm³/mol. The first-order valence-corrected chi connectivity index (χ1v) is 8.52. The van der Waals surface area contributed by atoms with Crippen molar-refractivity contribution in [2.24, 2.45) is 0 Å². The summed E-state index contributed by atoms with van der Waals surface area (Å²) in [5.74, 6) is -0.343. The number of carbonyl (C=O) groups is 1. The molecule has 1 aromatic carbocycles. The lowest BCUT2D eigenvalue weighted by atomic mass is 10.2. The Hall–Kier alpha value is -3.14. The number of anilines is 1. The number of halogens is 3. The van der Waals surface area contributed by atoms with Crippen LogP contribution in [0.3, 0.4) is 0 Å². The number of carbonyl (C=O) groups excluding carboxylic acids is 1. The van der Waals surface area contributed by atoms with E-state index >= 15 is 0 Å². The minimum Gasteiger partial charge on any atom is -0.406 e. The molecular weight excluding hydrogens is 381 g/mol. The maximum Gasteiger partial charge on any atom is 0.573 e. The fraction of sp³-hybridized carbons (Fsp3) is 0.118. The SMILES string of the molecule is O=C(NCc1cccc(OC(F)(F)F)c1)Nc1nc(-c2ccncc2)cs1. The molecule has 0 radical (unpaired) electrons. The molecule has 27 heavy (non-hydrogen) atoms. The first-order valence-electron chi connectivity index (χ1n) is 7.64. The van der Waals surface area contributed by atoms with Crippen molar-refractivity contribution in [3.63, 3.8) is 0 Å². The summed E-state index contributed by atoms with van der Waals surface area (Å²) in [4.78, 5) is 20.2. The van der Waals surface area contributed by atoms with E-state index in [-0.39, 0.29) is 12.3 Å². The number of nitrogens with one attached hydrogen (secondary N) is 2. The third-order valence-corrected chi connectivity index (χ3v) is 4.04. The average Bonchev–Trinajstić information content (AvgIpc) is 3.08. The number of alkyl halides is 3. The van der Waals surface area contributed by atoms with Gasteiger partial charge in [0.1, 0.15) is 5.75 Å². The smallest absolute Gasteiger partial charge is 0.406 e. The van der Waals surface area contributed by atoms with Gasteiger partial charge in [-0.15, -0.1) is 24.5 Å². The van der Waals surface area contributed by atoms with Gasteiger partial charge in [-0.25, -0.2) is 9.78 Å². The van der Waals surface area contributed by atoms with Crippen LogP contribution in [0.5, 0.6) is 5.75 Å². The first-order chi connectivity index (χ1) is 12.9. The molecule has 0 fully saturated rings. The van der Waals surface area contributed by atoms with E-state index in [1.165, 1.54) is 29.5 Å². The van der Waals surface area contributed by atoms with Gasteiger partial charge >= 0.3 is 12.4 Å². The Morgan fingerprint density at radius 1 is 1.19 bits per heavy atom. The largest absolute Gasteiger partial charge is 0.573 e. The molecule has 0 bridgehead atoms. The molecule has 0 saturated heterocycles. The maximum absolute atomic E-state index is 12.2. The second kappa shape index (κ2) is 8.04. The van der Waals surface area contributed by atoms with Crippen LogP contribution in [0.1, 0.15) is 5.56 Å². The third-order valence-electron chi connectivity index (χ3n) is 3.29. The number of urea groups is 1. The number of aromatic nitrogens is 2. The minimum atomic E-state index is -4.76. The van der Waals surface area contributed by atoms with Gasteiger partial charge in [0.25, 0.3) is 0 Å². The molecule has 0 unspecified atom stereocenters. The van der Waals surface area contributed by atoms with Gasteiger partial charge in [-0.1, -0.05) is 12.1 Å². The molecule has 0 aliphatic heterocycles. The van der Waals surface area contributed by atoms with Crippen LogP contribution in [0, 0.1) is 0 Å². The molecule has 6 nitrogen and oxygen atoms in total. The fourth-order valence-electron chi connectivity index (χ4n) is 2.16. The highest BCUT2D eigenvalue weighted by molar-refractivity contribution is 7.14. The van der Waals surface area contributed by atoms with Crippen molar-refractivity contribution in [1.82, 2.24) is 15.3 Å².